The number of nitrogens with zero attached hydrogens (tertiary/aromatic N) is 3. The van der Waals surface area contributed by atoms with Crippen molar-refractivity contribution >= 4 is 16.8 Å². The van der Waals surface area contributed by atoms with E-state index in [0.29, 0.717) is 11.0 Å². The van der Waals surface area contributed by atoms with Crippen molar-refractivity contribution in [2.75, 3.05) is 6.61 Å². The van der Waals surface area contributed by atoms with E-state index in [1.54, 1.807) is 12.1 Å². The normalized spacial score (nSPS) is 13.8. The molecule has 27 heavy (non-hydrogen) atoms. The number of carbonyl (C=O) groups is 1. The number of rotatable bonds is 5. The smallest absolute Gasteiger partial charge is 0.349 e. The van der Waals surface area contributed by atoms with Crippen LogP contribution in [0.25, 0.3) is 22.6 Å². The van der Waals surface area contributed by atoms with E-state index in [0.717, 1.165) is 11.1 Å². The second-order valence-corrected chi connectivity index (χ2v) is 6.33. The molecule has 2 atom stereocenters. The van der Waals surface area contributed by atoms with Gasteiger partial charge in [-0.25, -0.2) is 9.78 Å². The lowest BCUT2D eigenvalue weighted by atomic mass is 10.1. The number of benzene rings is 1. The highest BCUT2D eigenvalue weighted by Crippen LogP contribution is 2.24. The molecule has 0 fully saturated rings. The molecule has 0 aromatic heterocycles. The Morgan fingerprint density at radius 1 is 1.19 bits per heavy atom. The van der Waals surface area contributed by atoms with Crippen molar-refractivity contribution in [3.63, 3.8) is 0 Å². The van der Waals surface area contributed by atoms with Gasteiger partial charge in [0.2, 0.25) is 0 Å². The van der Waals surface area contributed by atoms with Crippen LogP contribution in [0.15, 0.2) is 21.7 Å². The molecule has 0 amide bonds. The molecular formula is C17H18N4O6. The molecule has 10 heteroatoms. The monoisotopic (exact) mass is 374 g/mol. The number of ketones is 1. The van der Waals surface area contributed by atoms with E-state index in [-0.39, 0.29) is 11.5 Å². The van der Waals surface area contributed by atoms with E-state index in [1.807, 2.05) is 18.8 Å². The standard InChI is InChI=1S/C17H18N4O6/c1-7-3-9-10(4-8(7)2)21(5-11(23)14(25)12(24)6-22)15-13(18-9)16(26)20-17(27)19-15/h3-4,12,14,22,24-25H,5-6H2,1-2H3,(H,20,26,27)/t12-,14+/m0/s1. The molecule has 2 heterocycles. The SMILES string of the molecule is Cc1cc2nc3c(=O)[nH]c(=O)nc-3n(CC(=O)[C@@H](O)[C@@H](O)CO)c2cc1C. The highest BCUT2D eigenvalue weighted by atomic mass is 16.4. The Labute approximate surface area is 152 Å². The molecule has 4 N–H and O–H groups in total. The fourth-order valence-electron chi connectivity index (χ4n) is 2.77. The molecule has 0 spiro atoms. The average molecular weight is 374 g/mol. The van der Waals surface area contributed by atoms with Gasteiger partial charge < -0.3 is 19.9 Å². The van der Waals surface area contributed by atoms with Gasteiger partial charge in [0.05, 0.1) is 24.2 Å². The van der Waals surface area contributed by atoms with E-state index >= 15 is 0 Å². The van der Waals surface area contributed by atoms with E-state index in [4.69, 9.17) is 5.11 Å². The number of hydrogen-bond acceptors (Lipinski definition) is 8. The third kappa shape index (κ3) is 3.37. The van der Waals surface area contributed by atoms with E-state index in [2.05, 4.69) is 9.97 Å². The van der Waals surface area contributed by atoms with Crippen LogP contribution in [0, 0.1) is 13.8 Å². The van der Waals surface area contributed by atoms with Crippen molar-refractivity contribution in [2.45, 2.75) is 32.6 Å². The van der Waals surface area contributed by atoms with Gasteiger partial charge in [-0.05, 0) is 37.1 Å². The highest BCUT2D eigenvalue weighted by molar-refractivity contribution is 5.87. The van der Waals surface area contributed by atoms with Crippen molar-refractivity contribution < 1.29 is 20.1 Å². The molecule has 1 aromatic rings. The van der Waals surface area contributed by atoms with Gasteiger partial charge in [-0.3, -0.25) is 14.6 Å². The summed E-state index contributed by atoms with van der Waals surface area (Å²) in [7, 11) is 0. The third-order valence-electron chi connectivity index (χ3n) is 4.42. The second kappa shape index (κ2) is 6.99. The molecular weight excluding hydrogens is 356 g/mol. The molecule has 2 aliphatic heterocycles. The van der Waals surface area contributed by atoms with Gasteiger partial charge in [0.15, 0.2) is 17.3 Å². The van der Waals surface area contributed by atoms with Gasteiger partial charge >= 0.3 is 5.69 Å². The lowest BCUT2D eigenvalue weighted by molar-refractivity contribution is -0.135. The average Bonchev–Trinajstić information content (AvgIpc) is 2.62. The number of aryl methyl sites for hydroxylation is 2. The van der Waals surface area contributed by atoms with Crippen molar-refractivity contribution in [2.24, 2.45) is 0 Å². The summed E-state index contributed by atoms with van der Waals surface area (Å²) in [5.74, 6) is -0.929. The van der Waals surface area contributed by atoms with E-state index in [1.165, 1.54) is 4.57 Å². The molecule has 2 aliphatic rings. The number of aliphatic hydroxyl groups excluding tert-OH is 3. The van der Waals surface area contributed by atoms with Gasteiger partial charge in [-0.1, -0.05) is 0 Å². The van der Waals surface area contributed by atoms with Crippen LogP contribution in [0.1, 0.15) is 11.1 Å². The Hall–Kier alpha value is -2.95. The highest BCUT2D eigenvalue weighted by Gasteiger charge is 2.27. The van der Waals surface area contributed by atoms with Gasteiger partial charge in [-0.2, -0.15) is 4.98 Å². The van der Waals surface area contributed by atoms with Crippen LogP contribution in [0.3, 0.4) is 0 Å². The molecule has 0 unspecified atom stereocenters. The van der Waals surface area contributed by atoms with Crippen molar-refractivity contribution in [3.8, 4) is 11.5 Å². The molecule has 0 saturated heterocycles. The fraction of sp³-hybridized carbons (Fsp3) is 0.353. The maximum absolute atomic E-state index is 12.4. The summed E-state index contributed by atoms with van der Waals surface area (Å²) >= 11 is 0. The first-order valence-corrected chi connectivity index (χ1v) is 8.14. The third-order valence-corrected chi connectivity index (χ3v) is 4.42. The van der Waals surface area contributed by atoms with Crippen LogP contribution in [-0.2, 0) is 11.3 Å². The summed E-state index contributed by atoms with van der Waals surface area (Å²) in [4.78, 5) is 46.2. The van der Waals surface area contributed by atoms with Gasteiger partial charge in [-0.15, -0.1) is 0 Å². The number of aliphatic hydroxyl groups is 3. The topological polar surface area (TPSA) is 158 Å². The minimum absolute atomic E-state index is 0.112. The number of aromatic nitrogens is 4. The number of fused-ring (bicyclic) bond motifs is 2. The fourth-order valence-corrected chi connectivity index (χ4v) is 2.77. The van der Waals surface area contributed by atoms with Gasteiger partial charge in [0.25, 0.3) is 5.56 Å². The maximum Gasteiger partial charge on any atom is 0.349 e. The zero-order valence-electron chi connectivity index (χ0n) is 14.6. The van der Waals surface area contributed by atoms with Crippen LogP contribution in [0.2, 0.25) is 0 Å². The largest absolute Gasteiger partial charge is 0.394 e. The Kier molecular flexibility index (Phi) is 4.87. The summed E-state index contributed by atoms with van der Waals surface area (Å²) in [5.41, 5.74) is 0.858. The predicted octanol–water partition coefficient (Wildman–Crippen LogP) is -1.52. The quantitative estimate of drug-likeness (QED) is 0.392. The Bertz CT molecular complexity index is 1120. The first-order chi connectivity index (χ1) is 12.7. The molecule has 3 rings (SSSR count). The van der Waals surface area contributed by atoms with Gasteiger partial charge in [0, 0.05) is 0 Å². The Balaban J connectivity index is 2.29. The zero-order valence-corrected chi connectivity index (χ0v) is 14.6. The van der Waals surface area contributed by atoms with E-state index in [9.17, 15) is 24.6 Å². The number of aromatic amines is 1. The lowest BCUT2D eigenvalue weighted by Gasteiger charge is -2.20. The number of H-pyrrole nitrogens is 1. The summed E-state index contributed by atoms with van der Waals surface area (Å²) in [6.45, 7) is 2.43. The minimum Gasteiger partial charge on any atom is -0.394 e. The molecule has 10 nitrogen and oxygen atoms in total. The zero-order chi connectivity index (χ0) is 19.9. The number of carbonyl (C=O) groups excluding carboxylic acids is 1. The van der Waals surface area contributed by atoms with Crippen LogP contribution in [0.5, 0.6) is 0 Å². The van der Waals surface area contributed by atoms with Crippen molar-refractivity contribution in [1.82, 2.24) is 19.5 Å². The molecule has 142 valence electrons. The summed E-state index contributed by atoms with van der Waals surface area (Å²) < 4.78 is 1.30. The minimum atomic E-state index is -1.83. The first kappa shape index (κ1) is 18.8. The van der Waals surface area contributed by atoms with Crippen LogP contribution >= 0.6 is 0 Å². The lowest BCUT2D eigenvalue weighted by Crippen LogP contribution is -2.39. The second-order valence-electron chi connectivity index (χ2n) is 6.33. The summed E-state index contributed by atoms with van der Waals surface area (Å²) in [6.07, 6.45) is -3.48. The molecule has 0 saturated carbocycles. The molecule has 0 radical (unpaired) electrons. The van der Waals surface area contributed by atoms with Crippen LogP contribution in [0.4, 0.5) is 0 Å². The maximum atomic E-state index is 12.4. The van der Waals surface area contributed by atoms with Gasteiger partial charge in [0.1, 0.15) is 12.2 Å². The Morgan fingerprint density at radius 2 is 1.85 bits per heavy atom. The number of nitrogens with one attached hydrogen (secondary N) is 1. The van der Waals surface area contributed by atoms with Crippen LogP contribution < -0.4 is 11.2 Å². The number of Topliss-reactive ketones (excluding diaryl/α,β-unsaturated/α-hetero) is 1. The predicted molar refractivity (Wildman–Crippen MR) is 94.6 cm³/mol. The Morgan fingerprint density at radius 3 is 2.52 bits per heavy atom. The number of hydrogen-bond donors (Lipinski definition) is 4. The summed E-state index contributed by atoms with van der Waals surface area (Å²) in [6, 6.07) is 3.46. The summed E-state index contributed by atoms with van der Waals surface area (Å²) in [5, 5.41) is 28.3. The molecule has 1 aromatic carbocycles. The van der Waals surface area contributed by atoms with Crippen molar-refractivity contribution in [1.29, 1.82) is 0 Å². The first-order valence-electron chi connectivity index (χ1n) is 8.14. The molecule has 0 bridgehead atoms. The van der Waals surface area contributed by atoms with Crippen LogP contribution in [-0.4, -0.2) is 59.4 Å². The van der Waals surface area contributed by atoms with Crippen molar-refractivity contribution in [3.05, 3.63) is 44.1 Å². The van der Waals surface area contributed by atoms with E-state index < -0.39 is 42.4 Å². The molecule has 0 aliphatic carbocycles.